The van der Waals surface area contributed by atoms with E-state index in [4.69, 9.17) is 0 Å². The minimum absolute atomic E-state index is 1.06. The molecule has 0 saturated carbocycles. The molecule has 0 N–H and O–H groups in total. The van der Waals surface area contributed by atoms with Crippen LogP contribution in [0.15, 0.2) is 54.6 Å². The van der Waals surface area contributed by atoms with Crippen molar-refractivity contribution in [3.63, 3.8) is 0 Å². The van der Waals surface area contributed by atoms with Gasteiger partial charge in [-0.15, -0.1) is 0 Å². The van der Waals surface area contributed by atoms with E-state index in [1.54, 1.807) is 0 Å². The lowest BCUT2D eigenvalue weighted by Crippen LogP contribution is -1.88. The van der Waals surface area contributed by atoms with Gasteiger partial charge in [0.25, 0.3) is 0 Å². The third kappa shape index (κ3) is 3.28. The van der Waals surface area contributed by atoms with Crippen LogP contribution in [0.5, 0.6) is 0 Å². The molecule has 0 radical (unpaired) electrons. The van der Waals surface area contributed by atoms with Gasteiger partial charge in [0, 0.05) is 26.9 Å². The van der Waals surface area contributed by atoms with Crippen LogP contribution >= 0.6 is 16.1 Å². The first-order chi connectivity index (χ1) is 8.66. The second-order valence-electron chi connectivity index (χ2n) is 4.16. The number of aromatic nitrogens is 1. The largest absolute Gasteiger partial charge is 0.249 e. The maximum Gasteiger partial charge on any atom is 0.0709 e. The zero-order valence-electron chi connectivity index (χ0n) is 10.5. The number of benzene rings is 2. The third-order valence-corrected chi connectivity index (χ3v) is 2.43. The van der Waals surface area contributed by atoms with Crippen LogP contribution in [0.4, 0.5) is 0 Å². The fourth-order valence-electron chi connectivity index (χ4n) is 1.72. The minimum atomic E-state index is 1.06. The number of para-hydroxylation sites is 2. The van der Waals surface area contributed by atoms with Gasteiger partial charge < -0.3 is 0 Å². The first-order valence-electron chi connectivity index (χ1n) is 5.74. The average Bonchev–Trinajstić information content (AvgIpc) is 2.35. The second-order valence-corrected chi connectivity index (χ2v) is 5.58. The molecule has 0 fully saturated rings. The van der Waals surface area contributed by atoms with Gasteiger partial charge in [0.05, 0.1) is 11.0 Å². The molecule has 0 unspecified atom stereocenters. The number of pyridine rings is 1. The monoisotopic (exact) mass is 302 g/mol. The summed E-state index contributed by atoms with van der Waals surface area (Å²) < 4.78 is 1.81. The highest BCUT2D eigenvalue weighted by Gasteiger charge is 1.96. The maximum absolute atomic E-state index is 4.58. The Balaban J connectivity index is 0.000000267. The summed E-state index contributed by atoms with van der Waals surface area (Å²) in [5.74, 6) is 0. The van der Waals surface area contributed by atoms with Crippen LogP contribution in [0, 0.1) is 0 Å². The van der Waals surface area contributed by atoms with Crippen molar-refractivity contribution in [3.05, 3.63) is 54.6 Å². The molecule has 0 aliphatic heterocycles. The predicted octanol–water partition coefficient (Wildman–Crippen LogP) is 4.25. The molecule has 0 amide bonds. The highest BCUT2D eigenvalue weighted by molar-refractivity contribution is 9.07. The van der Waals surface area contributed by atoms with Crippen molar-refractivity contribution >= 4 is 38.0 Å². The van der Waals surface area contributed by atoms with Gasteiger partial charge in [-0.05, 0) is 32.3 Å². The number of rotatable bonds is 0. The number of halogens is 1. The summed E-state index contributed by atoms with van der Waals surface area (Å²) in [6.07, 6.45) is 0. The number of fused-ring (bicyclic) bond motifs is 2. The lowest BCUT2D eigenvalue weighted by molar-refractivity contribution is 0.729. The lowest BCUT2D eigenvalue weighted by atomic mass is 10.1. The van der Waals surface area contributed by atoms with E-state index in [9.17, 15) is 0 Å². The fourth-order valence-corrected chi connectivity index (χ4v) is 1.72. The molecule has 2 nitrogen and oxygen atoms in total. The summed E-state index contributed by atoms with van der Waals surface area (Å²) >= 11 is 3.10. The molecule has 0 atom stereocenters. The van der Waals surface area contributed by atoms with Crippen LogP contribution in [-0.2, 0) is 0 Å². The Hall–Kier alpha value is -1.45. The fraction of sp³-hybridized carbons (Fsp3) is 0.133. The van der Waals surface area contributed by atoms with Gasteiger partial charge in [0.2, 0.25) is 0 Å². The number of nitrogens with zero attached hydrogens (tertiary/aromatic N) is 2. The van der Waals surface area contributed by atoms with Gasteiger partial charge in [-0.25, -0.2) is 8.91 Å². The Kier molecular flexibility index (Phi) is 4.28. The van der Waals surface area contributed by atoms with Crippen LogP contribution in [0.1, 0.15) is 0 Å². The molecule has 1 heterocycles. The van der Waals surface area contributed by atoms with Crippen molar-refractivity contribution < 1.29 is 0 Å². The Morgan fingerprint density at radius 2 is 1.22 bits per heavy atom. The quantitative estimate of drug-likeness (QED) is 0.456. The topological polar surface area (TPSA) is 16.1 Å². The van der Waals surface area contributed by atoms with Crippen LogP contribution in [0.25, 0.3) is 21.8 Å². The van der Waals surface area contributed by atoms with E-state index in [0.29, 0.717) is 0 Å². The van der Waals surface area contributed by atoms with E-state index in [2.05, 4.69) is 39.3 Å². The van der Waals surface area contributed by atoms with Gasteiger partial charge in [-0.2, -0.15) is 0 Å². The Morgan fingerprint density at radius 3 is 1.67 bits per heavy atom. The molecular formula is C15H15BrN2. The molecule has 0 aliphatic rings. The van der Waals surface area contributed by atoms with Crippen molar-refractivity contribution in [3.8, 4) is 0 Å². The number of hydrogen-bond acceptors (Lipinski definition) is 2. The molecule has 0 spiro atoms. The summed E-state index contributed by atoms with van der Waals surface area (Å²) in [6, 6.07) is 18.6. The van der Waals surface area contributed by atoms with Gasteiger partial charge in [0.1, 0.15) is 0 Å². The first-order valence-corrected chi connectivity index (χ1v) is 6.45. The van der Waals surface area contributed by atoms with E-state index in [-0.39, 0.29) is 0 Å². The summed E-state index contributed by atoms with van der Waals surface area (Å²) in [6.45, 7) is 0. The van der Waals surface area contributed by atoms with Crippen molar-refractivity contribution in [1.82, 2.24) is 8.91 Å². The SMILES string of the molecule is CN(C)Br.c1ccc2nc3ccccc3cc2c1. The smallest absolute Gasteiger partial charge is 0.0709 e. The number of hydrogen-bond donors (Lipinski definition) is 0. The molecule has 18 heavy (non-hydrogen) atoms. The zero-order valence-corrected chi connectivity index (χ0v) is 12.1. The third-order valence-electron chi connectivity index (χ3n) is 2.43. The van der Waals surface area contributed by atoms with E-state index < -0.39 is 0 Å². The van der Waals surface area contributed by atoms with Gasteiger partial charge in [-0.3, -0.25) is 0 Å². The summed E-state index contributed by atoms with van der Waals surface area (Å²) in [7, 11) is 3.83. The Morgan fingerprint density at radius 1 is 0.833 bits per heavy atom. The molecule has 1 aromatic heterocycles. The van der Waals surface area contributed by atoms with Crippen molar-refractivity contribution in [1.29, 1.82) is 0 Å². The molecule has 3 aromatic rings. The summed E-state index contributed by atoms with van der Waals surface area (Å²) in [4.78, 5) is 4.58. The highest BCUT2D eigenvalue weighted by atomic mass is 79.9. The maximum atomic E-state index is 4.58. The molecule has 92 valence electrons. The van der Waals surface area contributed by atoms with Gasteiger partial charge in [0.15, 0.2) is 0 Å². The molecule has 0 bridgehead atoms. The first kappa shape index (κ1) is 13.0. The van der Waals surface area contributed by atoms with E-state index in [1.165, 1.54) is 10.8 Å². The molecular weight excluding hydrogens is 288 g/mol. The van der Waals surface area contributed by atoms with Gasteiger partial charge in [-0.1, -0.05) is 36.4 Å². The Labute approximate surface area is 116 Å². The van der Waals surface area contributed by atoms with Crippen molar-refractivity contribution in [2.75, 3.05) is 14.1 Å². The van der Waals surface area contributed by atoms with Crippen molar-refractivity contribution in [2.45, 2.75) is 0 Å². The predicted molar refractivity (Wildman–Crippen MR) is 81.9 cm³/mol. The second kappa shape index (κ2) is 5.94. The average molecular weight is 303 g/mol. The summed E-state index contributed by atoms with van der Waals surface area (Å²) in [5, 5.41) is 2.40. The molecule has 2 aromatic carbocycles. The molecule has 3 rings (SSSR count). The standard InChI is InChI=1S/C13H9N.C2H6BrN/c1-3-7-12-10(5-1)9-11-6-2-4-8-13(11)14-12;1-4(2)3/h1-9H;1-2H3. The van der Waals surface area contributed by atoms with Crippen LogP contribution in [0.2, 0.25) is 0 Å². The highest BCUT2D eigenvalue weighted by Crippen LogP contribution is 2.18. The molecule has 3 heteroatoms. The normalized spacial score (nSPS) is 10.4. The molecule has 0 aliphatic carbocycles. The van der Waals surface area contributed by atoms with Crippen LogP contribution in [-0.4, -0.2) is 23.0 Å². The lowest BCUT2D eigenvalue weighted by Gasteiger charge is -1.99. The molecule has 0 saturated heterocycles. The van der Waals surface area contributed by atoms with E-state index >= 15 is 0 Å². The Bertz CT molecular complexity index is 542. The van der Waals surface area contributed by atoms with Crippen LogP contribution in [0.3, 0.4) is 0 Å². The zero-order chi connectivity index (χ0) is 13.0. The van der Waals surface area contributed by atoms with E-state index in [0.717, 1.165) is 11.0 Å². The van der Waals surface area contributed by atoms with Crippen LogP contribution < -0.4 is 0 Å². The van der Waals surface area contributed by atoms with Crippen molar-refractivity contribution in [2.24, 2.45) is 0 Å². The van der Waals surface area contributed by atoms with E-state index in [1.807, 2.05) is 54.4 Å². The minimum Gasteiger partial charge on any atom is -0.249 e. The van der Waals surface area contributed by atoms with Gasteiger partial charge >= 0.3 is 0 Å². The summed E-state index contributed by atoms with van der Waals surface area (Å²) in [5.41, 5.74) is 2.12.